The number of aryl methyl sites for hydroxylation is 1. The van der Waals surface area contributed by atoms with Crippen LogP contribution in [-0.4, -0.2) is 43.6 Å². The zero-order chi connectivity index (χ0) is 24.1. The van der Waals surface area contributed by atoms with Crippen molar-refractivity contribution in [2.75, 3.05) is 43.5 Å². The Bertz CT molecular complexity index is 1430. The average molecular weight is 513 g/mol. The molecule has 5 heteroatoms. The number of fused-ring (bicyclic) bond motifs is 4. The summed E-state index contributed by atoms with van der Waals surface area (Å²) in [5.74, 6) is 1.51. The van der Waals surface area contributed by atoms with E-state index in [9.17, 15) is 0 Å². The molecule has 7 rings (SSSR count). The van der Waals surface area contributed by atoms with E-state index < -0.39 is 0 Å². The van der Waals surface area contributed by atoms with E-state index >= 15 is 0 Å². The van der Waals surface area contributed by atoms with E-state index in [-0.39, 0.29) is 0 Å². The first-order valence-corrected chi connectivity index (χ1v) is 14.4. The van der Waals surface area contributed by atoms with E-state index in [0.29, 0.717) is 5.92 Å². The molecule has 1 saturated heterocycles. The summed E-state index contributed by atoms with van der Waals surface area (Å²) in [4.78, 5) is 7.41. The molecule has 1 unspecified atom stereocenters. The Balaban J connectivity index is 1.30. The highest BCUT2D eigenvalue weighted by atomic mass is 35.5. The normalized spacial score (nSPS) is 21.5. The van der Waals surface area contributed by atoms with Gasteiger partial charge in [0.05, 0.1) is 13.2 Å². The first kappa shape index (κ1) is 22.7. The molecule has 2 heterocycles. The Morgan fingerprint density at radius 3 is 2.58 bits per heavy atom. The third kappa shape index (κ3) is 3.91. The zero-order valence-electron chi connectivity index (χ0n) is 20.3. The molecule has 1 fully saturated rings. The van der Waals surface area contributed by atoms with Crippen molar-refractivity contribution in [3.05, 3.63) is 93.5 Å². The lowest BCUT2D eigenvalue weighted by Crippen LogP contribution is -2.37. The maximum Gasteiger partial charge on any atom is 0.100 e. The summed E-state index contributed by atoms with van der Waals surface area (Å²) in [6, 6.07) is 17.8. The molecular weight excluding hydrogens is 484 g/mol. The van der Waals surface area contributed by atoms with Crippen molar-refractivity contribution in [2.24, 2.45) is 4.99 Å². The molecule has 0 bridgehead atoms. The minimum atomic E-state index is 0.433. The van der Waals surface area contributed by atoms with Crippen molar-refractivity contribution in [3.8, 4) is 0 Å². The number of hydrogen-bond donors (Lipinski definition) is 0. The maximum atomic E-state index is 6.13. The molecule has 0 saturated carbocycles. The molecule has 4 aliphatic rings. The summed E-state index contributed by atoms with van der Waals surface area (Å²) in [6.45, 7) is 4.39. The van der Waals surface area contributed by atoms with Gasteiger partial charge in [-0.05, 0) is 70.5 Å². The van der Waals surface area contributed by atoms with Gasteiger partial charge in [0.1, 0.15) is 5.04 Å². The smallest absolute Gasteiger partial charge is 0.100 e. The lowest BCUT2D eigenvalue weighted by molar-refractivity contribution is 0.122. The SMILES string of the molecule is Clc1ccc(C2C=CC3=C(CCc4c3ccc3c(C5=NCCS5)c(N5CCOCC5)ccc43)C2)cc1. The highest BCUT2D eigenvalue weighted by Gasteiger charge is 2.27. The fraction of sp³-hybridized carbons (Fsp3) is 0.323. The van der Waals surface area contributed by atoms with E-state index in [0.717, 1.165) is 62.9 Å². The van der Waals surface area contributed by atoms with Crippen molar-refractivity contribution in [3.63, 3.8) is 0 Å². The fourth-order valence-electron chi connectivity index (χ4n) is 6.26. The van der Waals surface area contributed by atoms with Crippen LogP contribution in [0.3, 0.4) is 0 Å². The summed E-state index contributed by atoms with van der Waals surface area (Å²) in [6.07, 6.45) is 8.09. The Hall–Kier alpha value is -2.53. The number of hydrogen-bond acceptors (Lipinski definition) is 4. The molecule has 2 aliphatic carbocycles. The van der Waals surface area contributed by atoms with Gasteiger partial charge in [0.25, 0.3) is 0 Å². The van der Waals surface area contributed by atoms with Crippen molar-refractivity contribution in [1.82, 2.24) is 0 Å². The zero-order valence-corrected chi connectivity index (χ0v) is 21.9. The van der Waals surface area contributed by atoms with Gasteiger partial charge in [-0.1, -0.05) is 59.7 Å². The Labute approximate surface area is 221 Å². The van der Waals surface area contributed by atoms with Crippen LogP contribution in [0.15, 0.2) is 71.2 Å². The second kappa shape index (κ2) is 9.41. The molecule has 182 valence electrons. The minimum Gasteiger partial charge on any atom is -0.378 e. The number of allylic oxidation sites excluding steroid dienone is 4. The third-order valence-electron chi connectivity index (χ3n) is 8.05. The molecule has 0 spiro atoms. The first-order valence-electron chi connectivity index (χ1n) is 13.0. The van der Waals surface area contributed by atoms with Crippen LogP contribution < -0.4 is 4.90 Å². The van der Waals surface area contributed by atoms with Gasteiger partial charge in [-0.25, -0.2) is 0 Å². The molecule has 0 amide bonds. The summed E-state index contributed by atoms with van der Waals surface area (Å²) >= 11 is 8.03. The van der Waals surface area contributed by atoms with E-state index in [1.807, 2.05) is 23.9 Å². The van der Waals surface area contributed by atoms with Crippen LogP contribution in [0.25, 0.3) is 16.3 Å². The van der Waals surface area contributed by atoms with Gasteiger partial charge in [-0.3, -0.25) is 4.99 Å². The van der Waals surface area contributed by atoms with Gasteiger partial charge in [-0.2, -0.15) is 0 Å². The number of aliphatic imine (C=N–C) groups is 1. The van der Waals surface area contributed by atoms with Crippen LogP contribution in [0.5, 0.6) is 0 Å². The summed E-state index contributed by atoms with van der Waals surface area (Å²) < 4.78 is 5.65. The lowest BCUT2D eigenvalue weighted by atomic mass is 9.75. The molecule has 3 nitrogen and oxygen atoms in total. The van der Waals surface area contributed by atoms with Gasteiger partial charge in [0.15, 0.2) is 0 Å². The van der Waals surface area contributed by atoms with Crippen molar-refractivity contribution >= 4 is 50.4 Å². The number of anilines is 1. The second-order valence-corrected chi connectivity index (χ2v) is 11.5. The molecule has 1 atom stereocenters. The quantitative estimate of drug-likeness (QED) is 0.369. The van der Waals surface area contributed by atoms with E-state index in [1.165, 1.54) is 49.3 Å². The number of rotatable bonds is 3. The average Bonchev–Trinajstić information content (AvgIpc) is 3.47. The number of benzene rings is 3. The fourth-order valence-corrected chi connectivity index (χ4v) is 7.31. The lowest BCUT2D eigenvalue weighted by Gasteiger charge is -2.32. The Kier molecular flexibility index (Phi) is 5.92. The van der Waals surface area contributed by atoms with Crippen LogP contribution >= 0.6 is 23.4 Å². The third-order valence-corrected chi connectivity index (χ3v) is 9.29. The van der Waals surface area contributed by atoms with E-state index in [1.54, 1.807) is 5.57 Å². The monoisotopic (exact) mass is 512 g/mol. The van der Waals surface area contributed by atoms with Crippen molar-refractivity contribution in [1.29, 1.82) is 0 Å². The number of halogens is 1. The number of nitrogens with zero attached hydrogens (tertiary/aromatic N) is 2. The number of thioether (sulfide) groups is 1. The highest BCUT2D eigenvalue weighted by molar-refractivity contribution is 8.14. The van der Waals surface area contributed by atoms with Crippen LogP contribution in [0.4, 0.5) is 5.69 Å². The highest BCUT2D eigenvalue weighted by Crippen LogP contribution is 2.45. The van der Waals surface area contributed by atoms with Gasteiger partial charge < -0.3 is 9.64 Å². The van der Waals surface area contributed by atoms with Gasteiger partial charge in [0, 0.05) is 47.6 Å². The minimum absolute atomic E-state index is 0.433. The molecule has 0 N–H and O–H groups in total. The molecule has 3 aromatic carbocycles. The van der Waals surface area contributed by atoms with Gasteiger partial charge in [-0.15, -0.1) is 11.8 Å². The van der Waals surface area contributed by atoms with Crippen molar-refractivity contribution in [2.45, 2.75) is 25.2 Å². The summed E-state index contributed by atoms with van der Waals surface area (Å²) in [5, 5.41) is 4.76. The summed E-state index contributed by atoms with van der Waals surface area (Å²) in [7, 11) is 0. The molecule has 3 aromatic rings. The van der Waals surface area contributed by atoms with Crippen LogP contribution in [-0.2, 0) is 11.2 Å². The van der Waals surface area contributed by atoms with E-state index in [2.05, 4.69) is 53.5 Å². The van der Waals surface area contributed by atoms with E-state index in [4.69, 9.17) is 21.3 Å². The first-order chi connectivity index (χ1) is 17.8. The standard InChI is InChI=1S/C31H29ClN2OS/c32-23-5-1-20(2-6-23)21-3-7-24-22(19-21)4-8-26-25(24)9-10-28-27(26)11-12-29(34-14-16-35-17-15-34)30(28)31-33-13-18-36-31/h1-3,5-7,9-12,21H,4,8,13-19H2. The largest absolute Gasteiger partial charge is 0.378 e. The van der Waals surface area contributed by atoms with Crippen LogP contribution in [0.1, 0.15) is 41.0 Å². The molecule has 2 aliphatic heterocycles. The summed E-state index contributed by atoms with van der Waals surface area (Å²) in [5.41, 5.74) is 9.95. The Morgan fingerprint density at radius 2 is 1.78 bits per heavy atom. The predicted molar refractivity (Wildman–Crippen MR) is 154 cm³/mol. The van der Waals surface area contributed by atoms with Crippen molar-refractivity contribution < 1.29 is 4.74 Å². The van der Waals surface area contributed by atoms with Crippen LogP contribution in [0, 0.1) is 0 Å². The Morgan fingerprint density at radius 1 is 0.944 bits per heavy atom. The molecule has 0 radical (unpaired) electrons. The number of ether oxygens (including phenoxy) is 1. The number of morpholine rings is 1. The predicted octanol–water partition coefficient (Wildman–Crippen LogP) is 7.27. The second-order valence-electron chi connectivity index (χ2n) is 10.0. The molecular formula is C31H29ClN2OS. The topological polar surface area (TPSA) is 24.8 Å². The maximum absolute atomic E-state index is 6.13. The van der Waals surface area contributed by atoms with Gasteiger partial charge in [0.2, 0.25) is 0 Å². The molecule has 0 aromatic heterocycles. The van der Waals surface area contributed by atoms with Crippen LogP contribution in [0.2, 0.25) is 5.02 Å². The molecule has 36 heavy (non-hydrogen) atoms. The van der Waals surface area contributed by atoms with Gasteiger partial charge >= 0.3 is 0 Å².